The standard InChI is InChI=1S/C24H29ClN4O2S/c1-13-9-10-16-19(11-13)32-23-21(16)24(31)29(20(27-23)12-28(4)5)15(3)22(30)26-18-8-6-7-17(25)14(18)2/h6-8,13,15H,9-12H2,1-5H3,(H,26,30). The van der Waals surface area contributed by atoms with Crippen LogP contribution in [0.4, 0.5) is 5.69 Å². The Labute approximate surface area is 197 Å². The van der Waals surface area contributed by atoms with Gasteiger partial charge in [0.1, 0.15) is 16.7 Å². The smallest absolute Gasteiger partial charge is 0.263 e. The molecule has 6 nitrogen and oxygen atoms in total. The molecule has 1 aromatic carbocycles. The van der Waals surface area contributed by atoms with Gasteiger partial charge in [-0.1, -0.05) is 24.6 Å². The molecule has 0 saturated heterocycles. The number of nitrogens with zero attached hydrogens (tertiary/aromatic N) is 3. The fourth-order valence-electron chi connectivity index (χ4n) is 4.34. The predicted molar refractivity (Wildman–Crippen MR) is 132 cm³/mol. The number of hydrogen-bond acceptors (Lipinski definition) is 5. The van der Waals surface area contributed by atoms with Gasteiger partial charge in [0.05, 0.1) is 11.9 Å². The van der Waals surface area contributed by atoms with Crippen LogP contribution in [-0.2, 0) is 24.2 Å². The van der Waals surface area contributed by atoms with Gasteiger partial charge < -0.3 is 10.2 Å². The quantitative estimate of drug-likeness (QED) is 0.578. The average Bonchev–Trinajstić information content (AvgIpc) is 3.08. The number of anilines is 1. The molecule has 2 unspecified atom stereocenters. The number of aryl methyl sites for hydroxylation is 1. The molecule has 0 spiro atoms. The third-order valence-corrected chi connectivity index (χ3v) is 7.74. The molecule has 2 heterocycles. The zero-order chi connectivity index (χ0) is 23.2. The topological polar surface area (TPSA) is 67.2 Å². The van der Waals surface area contributed by atoms with E-state index in [-0.39, 0.29) is 11.5 Å². The second kappa shape index (κ2) is 8.96. The second-order valence-electron chi connectivity index (χ2n) is 9.05. The highest BCUT2D eigenvalue weighted by Crippen LogP contribution is 2.36. The summed E-state index contributed by atoms with van der Waals surface area (Å²) in [5, 5.41) is 4.22. The highest BCUT2D eigenvalue weighted by Gasteiger charge is 2.28. The summed E-state index contributed by atoms with van der Waals surface area (Å²) in [6, 6.07) is 4.68. The summed E-state index contributed by atoms with van der Waals surface area (Å²) in [6.45, 7) is 6.33. The van der Waals surface area contributed by atoms with Crippen molar-refractivity contribution in [2.75, 3.05) is 19.4 Å². The minimum absolute atomic E-state index is 0.121. The van der Waals surface area contributed by atoms with Crippen LogP contribution in [0.1, 0.15) is 48.1 Å². The first-order chi connectivity index (χ1) is 15.2. The van der Waals surface area contributed by atoms with E-state index in [9.17, 15) is 9.59 Å². The Hall–Kier alpha value is -2.22. The van der Waals surface area contributed by atoms with Gasteiger partial charge in [0.2, 0.25) is 5.91 Å². The van der Waals surface area contributed by atoms with Gasteiger partial charge in [-0.2, -0.15) is 0 Å². The zero-order valence-corrected chi connectivity index (χ0v) is 20.7. The number of carbonyl (C=O) groups excluding carboxylic acids is 1. The normalized spacial score (nSPS) is 16.9. The lowest BCUT2D eigenvalue weighted by atomic mass is 9.89. The van der Waals surface area contributed by atoms with Gasteiger partial charge in [0, 0.05) is 15.6 Å². The monoisotopic (exact) mass is 472 g/mol. The molecule has 170 valence electrons. The maximum atomic E-state index is 13.8. The Morgan fingerprint density at radius 1 is 1.41 bits per heavy atom. The minimum atomic E-state index is -0.717. The highest BCUT2D eigenvalue weighted by molar-refractivity contribution is 7.18. The van der Waals surface area contributed by atoms with Crippen molar-refractivity contribution in [2.24, 2.45) is 5.92 Å². The van der Waals surface area contributed by atoms with Gasteiger partial charge in [-0.15, -0.1) is 11.3 Å². The summed E-state index contributed by atoms with van der Waals surface area (Å²) < 4.78 is 1.57. The van der Waals surface area contributed by atoms with Crippen LogP contribution in [0.25, 0.3) is 10.2 Å². The molecule has 2 atom stereocenters. The largest absolute Gasteiger partial charge is 0.324 e. The molecular weight excluding hydrogens is 444 g/mol. The van der Waals surface area contributed by atoms with E-state index in [4.69, 9.17) is 16.6 Å². The summed E-state index contributed by atoms with van der Waals surface area (Å²) >= 11 is 7.85. The molecule has 3 aromatic rings. The lowest BCUT2D eigenvalue weighted by molar-refractivity contribution is -0.119. The summed E-state index contributed by atoms with van der Waals surface area (Å²) in [4.78, 5) is 35.9. The summed E-state index contributed by atoms with van der Waals surface area (Å²) in [6.07, 6.45) is 2.95. The Bertz CT molecular complexity index is 1250. The van der Waals surface area contributed by atoms with Gasteiger partial charge in [-0.3, -0.25) is 14.2 Å². The predicted octanol–water partition coefficient (Wildman–Crippen LogP) is 4.81. The van der Waals surface area contributed by atoms with E-state index in [1.54, 1.807) is 35.0 Å². The van der Waals surface area contributed by atoms with Crippen molar-refractivity contribution in [3.05, 3.63) is 55.4 Å². The van der Waals surface area contributed by atoms with Crippen LogP contribution in [-0.4, -0.2) is 34.5 Å². The Kier molecular flexibility index (Phi) is 6.43. The molecule has 0 saturated carbocycles. The lowest BCUT2D eigenvalue weighted by Crippen LogP contribution is -2.36. The Balaban J connectivity index is 1.80. The number of carbonyl (C=O) groups is 1. The molecule has 0 fully saturated rings. The van der Waals surface area contributed by atoms with Crippen molar-refractivity contribution < 1.29 is 4.79 Å². The highest BCUT2D eigenvalue weighted by atomic mass is 35.5. The molecule has 4 rings (SSSR count). The molecule has 1 aliphatic carbocycles. The molecule has 32 heavy (non-hydrogen) atoms. The molecule has 0 radical (unpaired) electrons. The van der Waals surface area contributed by atoms with E-state index in [1.165, 1.54) is 4.88 Å². The number of nitrogens with one attached hydrogen (secondary N) is 1. The third-order valence-electron chi connectivity index (χ3n) is 6.18. The van der Waals surface area contributed by atoms with E-state index < -0.39 is 6.04 Å². The van der Waals surface area contributed by atoms with Crippen LogP contribution in [0.3, 0.4) is 0 Å². The number of benzene rings is 1. The van der Waals surface area contributed by atoms with Crippen LogP contribution < -0.4 is 10.9 Å². The van der Waals surface area contributed by atoms with Crippen LogP contribution in [0.15, 0.2) is 23.0 Å². The fourth-order valence-corrected chi connectivity index (χ4v) is 5.90. The van der Waals surface area contributed by atoms with Crippen molar-refractivity contribution in [2.45, 2.75) is 52.6 Å². The number of halogens is 1. The van der Waals surface area contributed by atoms with Crippen LogP contribution >= 0.6 is 22.9 Å². The SMILES string of the molecule is Cc1c(Cl)cccc1NC(=O)C(C)n1c(CN(C)C)nc2sc3c(c2c1=O)CCC(C)C3. The third kappa shape index (κ3) is 4.21. The van der Waals surface area contributed by atoms with Gasteiger partial charge in [0.15, 0.2) is 0 Å². The van der Waals surface area contributed by atoms with Crippen molar-refractivity contribution in [3.63, 3.8) is 0 Å². The van der Waals surface area contributed by atoms with Gasteiger partial charge in [-0.25, -0.2) is 4.98 Å². The van der Waals surface area contributed by atoms with Crippen LogP contribution in [0.5, 0.6) is 0 Å². The van der Waals surface area contributed by atoms with Gasteiger partial charge >= 0.3 is 0 Å². The van der Waals surface area contributed by atoms with Crippen molar-refractivity contribution >= 4 is 44.7 Å². The fraction of sp³-hybridized carbons (Fsp3) is 0.458. The van der Waals surface area contributed by atoms with E-state index in [0.717, 1.165) is 35.2 Å². The van der Waals surface area contributed by atoms with E-state index in [0.29, 0.717) is 34.4 Å². The first-order valence-corrected chi connectivity index (χ1v) is 12.1. The molecule has 0 bridgehead atoms. The molecule has 1 aliphatic rings. The Morgan fingerprint density at radius 2 is 2.16 bits per heavy atom. The molecule has 1 amide bonds. The number of aromatic nitrogens is 2. The maximum absolute atomic E-state index is 13.8. The van der Waals surface area contributed by atoms with Crippen molar-refractivity contribution in [1.82, 2.24) is 14.5 Å². The maximum Gasteiger partial charge on any atom is 0.263 e. The number of amides is 1. The second-order valence-corrected chi connectivity index (χ2v) is 10.5. The van der Waals surface area contributed by atoms with Crippen molar-refractivity contribution in [3.8, 4) is 0 Å². The molecule has 0 aliphatic heterocycles. The summed E-state index contributed by atoms with van der Waals surface area (Å²) in [5.41, 5.74) is 2.45. The minimum Gasteiger partial charge on any atom is -0.324 e. The first-order valence-electron chi connectivity index (χ1n) is 10.9. The Morgan fingerprint density at radius 3 is 2.88 bits per heavy atom. The molecule has 8 heteroatoms. The number of rotatable bonds is 5. The summed E-state index contributed by atoms with van der Waals surface area (Å²) in [7, 11) is 3.86. The summed E-state index contributed by atoms with van der Waals surface area (Å²) in [5.74, 6) is 0.950. The number of fused-ring (bicyclic) bond motifs is 3. The number of thiophene rings is 1. The molecule has 2 aromatic heterocycles. The molecular formula is C24H29ClN4O2S. The van der Waals surface area contributed by atoms with Gasteiger partial charge in [-0.05, 0) is 76.4 Å². The van der Waals surface area contributed by atoms with E-state index in [1.807, 2.05) is 32.0 Å². The van der Waals surface area contributed by atoms with Crippen LogP contribution in [0.2, 0.25) is 5.02 Å². The zero-order valence-electron chi connectivity index (χ0n) is 19.2. The average molecular weight is 473 g/mol. The van der Waals surface area contributed by atoms with E-state index in [2.05, 4.69) is 12.2 Å². The van der Waals surface area contributed by atoms with Crippen molar-refractivity contribution in [1.29, 1.82) is 0 Å². The van der Waals surface area contributed by atoms with Crippen LogP contribution in [0, 0.1) is 12.8 Å². The lowest BCUT2D eigenvalue weighted by Gasteiger charge is -2.22. The first kappa shape index (κ1) is 23.0. The van der Waals surface area contributed by atoms with Gasteiger partial charge in [0.25, 0.3) is 5.56 Å². The number of hydrogen-bond donors (Lipinski definition) is 1. The van der Waals surface area contributed by atoms with E-state index >= 15 is 0 Å². The molecule has 1 N–H and O–H groups in total.